The molecule has 0 unspecified atom stereocenters. The molecule has 1 heterocycles. The van der Waals surface area contributed by atoms with Gasteiger partial charge in [0.05, 0.1) is 46.0 Å². The molecule has 0 aromatic heterocycles. The predicted octanol–water partition coefficient (Wildman–Crippen LogP) is -0.272. The van der Waals surface area contributed by atoms with Crippen molar-refractivity contribution in [1.82, 2.24) is 4.31 Å². The highest BCUT2D eigenvalue weighted by molar-refractivity contribution is 7.88. The van der Waals surface area contributed by atoms with Crippen molar-refractivity contribution in [2.45, 2.75) is 6.92 Å². The molecule has 78 valence electrons. The van der Waals surface area contributed by atoms with E-state index in [2.05, 4.69) is 14.0 Å². The Hall–Kier alpha value is -0.130. The Morgan fingerprint density at radius 3 is 2.08 bits per heavy atom. The third-order valence-corrected chi connectivity index (χ3v) is 4.31. The van der Waals surface area contributed by atoms with Crippen molar-refractivity contribution in [3.63, 3.8) is 0 Å². The zero-order chi connectivity index (χ0) is 10.1. The van der Waals surface area contributed by atoms with Gasteiger partial charge >= 0.3 is 0 Å². The zero-order valence-corrected chi connectivity index (χ0v) is 9.47. The van der Waals surface area contributed by atoms with Crippen LogP contribution in [0.15, 0.2) is 0 Å². The SMILES string of the molecule is CC[N+]1(C)CCN(S(C)(=O)=O)CC1. The number of sulfonamides is 1. The van der Waals surface area contributed by atoms with Crippen LogP contribution in [0.1, 0.15) is 6.92 Å². The lowest BCUT2D eigenvalue weighted by molar-refractivity contribution is -0.911. The number of rotatable bonds is 2. The molecule has 0 aliphatic carbocycles. The minimum atomic E-state index is -2.96. The Balaban J connectivity index is 2.58. The average molecular weight is 207 g/mol. The van der Waals surface area contributed by atoms with Gasteiger partial charge in [-0.25, -0.2) is 8.42 Å². The summed E-state index contributed by atoms with van der Waals surface area (Å²) in [6.45, 7) is 6.44. The number of quaternary nitrogens is 1. The van der Waals surface area contributed by atoms with Gasteiger partial charge in [-0.3, -0.25) is 0 Å². The molecule has 0 amide bonds. The molecule has 1 aliphatic heterocycles. The van der Waals surface area contributed by atoms with Crippen molar-refractivity contribution in [2.24, 2.45) is 0 Å². The second-order valence-corrected chi connectivity index (χ2v) is 6.03. The Kier molecular flexibility index (Phi) is 2.99. The van der Waals surface area contributed by atoms with E-state index in [0.717, 1.165) is 24.1 Å². The summed E-state index contributed by atoms with van der Waals surface area (Å²) in [6.07, 6.45) is 1.29. The first-order valence-corrected chi connectivity index (χ1v) is 6.51. The maximum absolute atomic E-state index is 11.2. The molecule has 5 heteroatoms. The Morgan fingerprint density at radius 1 is 1.31 bits per heavy atom. The van der Waals surface area contributed by atoms with Crippen LogP contribution in [0, 0.1) is 0 Å². The number of hydrogen-bond donors (Lipinski definition) is 0. The van der Waals surface area contributed by atoms with Crippen molar-refractivity contribution in [3.05, 3.63) is 0 Å². The molecule has 0 radical (unpaired) electrons. The molecule has 1 aliphatic rings. The van der Waals surface area contributed by atoms with Crippen molar-refractivity contribution in [2.75, 3.05) is 46.0 Å². The van der Waals surface area contributed by atoms with Crippen LogP contribution < -0.4 is 0 Å². The van der Waals surface area contributed by atoms with Gasteiger partial charge in [-0.2, -0.15) is 4.31 Å². The summed E-state index contributed by atoms with van der Waals surface area (Å²) in [6, 6.07) is 0. The molecule has 0 N–H and O–H groups in total. The van der Waals surface area contributed by atoms with E-state index in [4.69, 9.17) is 0 Å². The topological polar surface area (TPSA) is 37.4 Å². The Bertz CT molecular complexity index is 266. The minimum Gasteiger partial charge on any atom is -0.324 e. The summed E-state index contributed by atoms with van der Waals surface area (Å²) in [7, 11) is -0.781. The highest BCUT2D eigenvalue weighted by atomic mass is 32.2. The molecule has 1 saturated heterocycles. The van der Waals surface area contributed by atoms with Crippen molar-refractivity contribution in [1.29, 1.82) is 0 Å². The highest BCUT2D eigenvalue weighted by Crippen LogP contribution is 2.11. The van der Waals surface area contributed by atoms with E-state index in [1.807, 2.05) is 0 Å². The largest absolute Gasteiger partial charge is 0.324 e. The number of piperazine rings is 1. The maximum Gasteiger partial charge on any atom is 0.211 e. The average Bonchev–Trinajstić information content (AvgIpc) is 2.04. The quantitative estimate of drug-likeness (QED) is 0.584. The summed E-state index contributed by atoms with van der Waals surface area (Å²) in [5, 5.41) is 0. The molecule has 4 nitrogen and oxygen atoms in total. The number of likely N-dealkylation sites (N-methyl/N-ethyl adjacent to an activating group) is 1. The lowest BCUT2D eigenvalue weighted by Crippen LogP contribution is -2.57. The Labute approximate surface area is 80.8 Å². The monoisotopic (exact) mass is 207 g/mol. The standard InChI is InChI=1S/C8H19N2O2S/c1-4-10(2)7-5-9(6-8-10)13(3,11)12/h4-8H2,1-3H3/q+1. The van der Waals surface area contributed by atoms with E-state index in [-0.39, 0.29) is 0 Å². The van der Waals surface area contributed by atoms with E-state index < -0.39 is 10.0 Å². The predicted molar refractivity (Wildman–Crippen MR) is 52.9 cm³/mol. The molecule has 0 bridgehead atoms. The Morgan fingerprint density at radius 2 is 1.77 bits per heavy atom. The smallest absolute Gasteiger partial charge is 0.211 e. The molecule has 0 aromatic carbocycles. The van der Waals surface area contributed by atoms with Crippen molar-refractivity contribution >= 4 is 10.0 Å². The lowest BCUT2D eigenvalue weighted by atomic mass is 10.3. The molecule has 1 fully saturated rings. The summed E-state index contributed by atoms with van der Waals surface area (Å²) < 4.78 is 25.0. The second-order valence-electron chi connectivity index (χ2n) is 4.04. The van der Waals surface area contributed by atoms with E-state index in [0.29, 0.717) is 13.1 Å². The summed E-state index contributed by atoms with van der Waals surface area (Å²) in [5.74, 6) is 0. The fourth-order valence-electron chi connectivity index (χ4n) is 1.58. The van der Waals surface area contributed by atoms with Crippen LogP contribution >= 0.6 is 0 Å². The van der Waals surface area contributed by atoms with Gasteiger partial charge in [0.25, 0.3) is 0 Å². The molecule has 0 atom stereocenters. The lowest BCUT2D eigenvalue weighted by Gasteiger charge is -2.40. The molecule has 0 aromatic rings. The van der Waals surface area contributed by atoms with Crippen molar-refractivity contribution < 1.29 is 12.9 Å². The van der Waals surface area contributed by atoms with Gasteiger partial charge in [-0.15, -0.1) is 0 Å². The van der Waals surface area contributed by atoms with E-state index in [1.165, 1.54) is 6.26 Å². The van der Waals surface area contributed by atoms with E-state index in [9.17, 15) is 8.42 Å². The molecule has 0 saturated carbocycles. The van der Waals surface area contributed by atoms with Crippen LogP contribution in [0.5, 0.6) is 0 Å². The minimum absolute atomic E-state index is 0.670. The fraction of sp³-hybridized carbons (Fsp3) is 1.00. The van der Waals surface area contributed by atoms with Gasteiger partial charge in [0.1, 0.15) is 0 Å². The first kappa shape index (κ1) is 10.9. The van der Waals surface area contributed by atoms with Gasteiger partial charge in [0.2, 0.25) is 10.0 Å². The first-order chi connectivity index (χ1) is 5.87. The van der Waals surface area contributed by atoms with Crippen LogP contribution in [0.25, 0.3) is 0 Å². The normalized spacial score (nSPS) is 24.5. The van der Waals surface area contributed by atoms with Gasteiger partial charge < -0.3 is 4.48 Å². The van der Waals surface area contributed by atoms with Crippen LogP contribution in [0.4, 0.5) is 0 Å². The molecule has 13 heavy (non-hydrogen) atoms. The maximum atomic E-state index is 11.2. The third-order valence-electron chi connectivity index (χ3n) is 3.01. The van der Waals surface area contributed by atoms with E-state index >= 15 is 0 Å². The summed E-state index contributed by atoms with van der Waals surface area (Å²) in [5.41, 5.74) is 0. The first-order valence-electron chi connectivity index (χ1n) is 4.66. The summed E-state index contributed by atoms with van der Waals surface area (Å²) in [4.78, 5) is 0. The van der Waals surface area contributed by atoms with Crippen LogP contribution in [-0.2, 0) is 10.0 Å². The molecule has 1 rings (SSSR count). The van der Waals surface area contributed by atoms with Crippen molar-refractivity contribution in [3.8, 4) is 0 Å². The fourth-order valence-corrected chi connectivity index (χ4v) is 2.40. The van der Waals surface area contributed by atoms with Crippen LogP contribution in [0.3, 0.4) is 0 Å². The third kappa shape index (κ3) is 2.65. The molecule has 0 spiro atoms. The zero-order valence-electron chi connectivity index (χ0n) is 8.65. The van der Waals surface area contributed by atoms with Gasteiger partial charge in [0, 0.05) is 0 Å². The molecular formula is C8H19N2O2S+. The number of hydrogen-bond acceptors (Lipinski definition) is 2. The van der Waals surface area contributed by atoms with Crippen LogP contribution in [-0.4, -0.2) is 63.2 Å². The van der Waals surface area contributed by atoms with Gasteiger partial charge in [-0.1, -0.05) is 0 Å². The van der Waals surface area contributed by atoms with Gasteiger partial charge in [-0.05, 0) is 6.92 Å². The molecular weight excluding hydrogens is 188 g/mol. The highest BCUT2D eigenvalue weighted by Gasteiger charge is 2.30. The van der Waals surface area contributed by atoms with Gasteiger partial charge in [0.15, 0.2) is 0 Å². The van der Waals surface area contributed by atoms with E-state index in [1.54, 1.807) is 4.31 Å². The second kappa shape index (κ2) is 3.55. The number of nitrogens with zero attached hydrogens (tertiary/aromatic N) is 2. The summed E-state index contributed by atoms with van der Waals surface area (Å²) >= 11 is 0. The van der Waals surface area contributed by atoms with Crippen LogP contribution in [0.2, 0.25) is 0 Å².